The lowest BCUT2D eigenvalue weighted by atomic mass is 10.0. The molecule has 0 heterocycles. The van der Waals surface area contributed by atoms with Crippen LogP contribution in [0.15, 0.2) is 18.2 Å². The van der Waals surface area contributed by atoms with Crippen molar-refractivity contribution in [2.75, 3.05) is 20.1 Å². The Labute approximate surface area is 111 Å². The van der Waals surface area contributed by atoms with Crippen molar-refractivity contribution in [1.82, 2.24) is 4.90 Å². The first-order valence-electron chi connectivity index (χ1n) is 6.91. The molecule has 2 nitrogen and oxygen atoms in total. The molecular formula is C16H25NO. The first-order valence-corrected chi connectivity index (χ1v) is 6.91. The Balaban J connectivity index is 1.93. The van der Waals surface area contributed by atoms with Crippen LogP contribution < -0.4 is 0 Å². The van der Waals surface area contributed by atoms with Crippen molar-refractivity contribution < 1.29 is 5.11 Å². The van der Waals surface area contributed by atoms with Gasteiger partial charge in [-0.3, -0.25) is 0 Å². The van der Waals surface area contributed by atoms with Gasteiger partial charge in [-0.2, -0.15) is 0 Å². The highest BCUT2D eigenvalue weighted by Gasteiger charge is 2.33. The van der Waals surface area contributed by atoms with E-state index < -0.39 is 0 Å². The monoisotopic (exact) mass is 247 g/mol. The normalized spacial score (nSPS) is 24.3. The fourth-order valence-corrected chi connectivity index (χ4v) is 2.64. The molecule has 1 aliphatic carbocycles. The summed E-state index contributed by atoms with van der Waals surface area (Å²) in [5.41, 5.74) is 3.47. The van der Waals surface area contributed by atoms with Crippen LogP contribution in [0.2, 0.25) is 0 Å². The summed E-state index contributed by atoms with van der Waals surface area (Å²) in [6.45, 7) is 8.29. The Hall–Kier alpha value is -0.860. The molecule has 0 aliphatic heterocycles. The maximum atomic E-state index is 10.4. The van der Waals surface area contributed by atoms with Crippen molar-refractivity contribution in [2.24, 2.45) is 11.8 Å². The molecule has 0 spiro atoms. The van der Waals surface area contributed by atoms with E-state index in [4.69, 9.17) is 0 Å². The number of likely N-dealkylation sites (N-methyl/N-ethyl adjacent to an activating group) is 1. The first kappa shape index (κ1) is 13.6. The second kappa shape index (κ2) is 5.41. The van der Waals surface area contributed by atoms with Crippen LogP contribution in [0.25, 0.3) is 0 Å². The third kappa shape index (κ3) is 3.33. The van der Waals surface area contributed by atoms with Gasteiger partial charge in [-0.1, -0.05) is 30.7 Å². The van der Waals surface area contributed by atoms with Crippen LogP contribution >= 0.6 is 0 Å². The lowest BCUT2D eigenvalue weighted by Gasteiger charge is -2.22. The predicted octanol–water partition coefficient (Wildman–Crippen LogP) is 2.92. The van der Waals surface area contributed by atoms with Crippen LogP contribution in [0.5, 0.6) is 0 Å². The third-order valence-electron chi connectivity index (χ3n) is 4.10. The van der Waals surface area contributed by atoms with E-state index >= 15 is 0 Å². The number of hydrogen-bond acceptors (Lipinski definition) is 2. The lowest BCUT2D eigenvalue weighted by molar-refractivity contribution is 0.123. The van der Waals surface area contributed by atoms with Crippen LogP contribution in [0.4, 0.5) is 0 Å². The van der Waals surface area contributed by atoms with Gasteiger partial charge in [-0.25, -0.2) is 0 Å². The molecule has 1 fully saturated rings. The molecule has 100 valence electrons. The quantitative estimate of drug-likeness (QED) is 0.865. The van der Waals surface area contributed by atoms with Crippen molar-refractivity contribution in [2.45, 2.75) is 33.3 Å². The van der Waals surface area contributed by atoms with Gasteiger partial charge in [0.1, 0.15) is 0 Å². The molecule has 0 radical (unpaired) electrons. The molecule has 3 unspecified atom stereocenters. The summed E-state index contributed by atoms with van der Waals surface area (Å²) in [6, 6.07) is 6.30. The van der Waals surface area contributed by atoms with E-state index in [9.17, 15) is 5.11 Å². The molecule has 1 N–H and O–H groups in total. The molecule has 2 heteroatoms. The van der Waals surface area contributed by atoms with Gasteiger partial charge < -0.3 is 10.0 Å². The fraction of sp³-hybridized carbons (Fsp3) is 0.625. The molecule has 1 aliphatic rings. The van der Waals surface area contributed by atoms with Gasteiger partial charge in [0.2, 0.25) is 0 Å². The molecule has 0 bridgehead atoms. The Morgan fingerprint density at radius 3 is 2.67 bits per heavy atom. The van der Waals surface area contributed by atoms with Gasteiger partial charge in [0.15, 0.2) is 0 Å². The summed E-state index contributed by atoms with van der Waals surface area (Å²) >= 11 is 0. The van der Waals surface area contributed by atoms with Crippen molar-refractivity contribution in [1.29, 1.82) is 0 Å². The molecule has 0 saturated heterocycles. The van der Waals surface area contributed by atoms with E-state index in [1.807, 2.05) is 0 Å². The number of aliphatic hydroxyl groups is 1. The SMILES string of the molecule is Cc1ccc(C)c(C(O)CN(C)CC2CC2C)c1. The van der Waals surface area contributed by atoms with E-state index in [1.165, 1.54) is 17.5 Å². The van der Waals surface area contributed by atoms with Crippen LogP contribution in [-0.4, -0.2) is 30.1 Å². The minimum Gasteiger partial charge on any atom is -0.387 e. The topological polar surface area (TPSA) is 23.5 Å². The summed E-state index contributed by atoms with van der Waals surface area (Å²) in [7, 11) is 2.11. The summed E-state index contributed by atoms with van der Waals surface area (Å²) in [6.07, 6.45) is 0.980. The minimum atomic E-state index is -0.371. The number of aryl methyl sites for hydroxylation is 2. The van der Waals surface area contributed by atoms with E-state index in [2.05, 4.69) is 50.9 Å². The van der Waals surface area contributed by atoms with E-state index in [-0.39, 0.29) is 6.10 Å². The van der Waals surface area contributed by atoms with E-state index in [1.54, 1.807) is 0 Å². The Kier molecular flexibility index (Phi) is 4.08. The standard InChI is InChI=1S/C16H25NO/c1-11-5-6-12(2)15(7-11)16(18)10-17(4)9-14-8-13(14)3/h5-7,13-14,16,18H,8-10H2,1-4H3. The number of benzene rings is 1. The fourth-order valence-electron chi connectivity index (χ4n) is 2.64. The van der Waals surface area contributed by atoms with E-state index in [0.29, 0.717) is 0 Å². The van der Waals surface area contributed by atoms with Crippen LogP contribution in [-0.2, 0) is 0 Å². The van der Waals surface area contributed by atoms with Crippen LogP contribution in [0.3, 0.4) is 0 Å². The molecule has 0 amide bonds. The highest BCUT2D eigenvalue weighted by molar-refractivity contribution is 5.32. The molecular weight excluding hydrogens is 222 g/mol. The largest absolute Gasteiger partial charge is 0.387 e. The Morgan fingerprint density at radius 2 is 2.06 bits per heavy atom. The predicted molar refractivity (Wildman–Crippen MR) is 75.6 cm³/mol. The number of rotatable bonds is 5. The van der Waals surface area contributed by atoms with Crippen LogP contribution in [0, 0.1) is 25.7 Å². The number of nitrogens with zero attached hydrogens (tertiary/aromatic N) is 1. The van der Waals surface area contributed by atoms with Gasteiger partial charge in [0.25, 0.3) is 0 Å². The molecule has 1 aromatic carbocycles. The van der Waals surface area contributed by atoms with Crippen molar-refractivity contribution in [3.05, 3.63) is 34.9 Å². The maximum absolute atomic E-state index is 10.4. The zero-order valence-electron chi connectivity index (χ0n) is 12.0. The Morgan fingerprint density at radius 1 is 1.39 bits per heavy atom. The molecule has 2 rings (SSSR count). The smallest absolute Gasteiger partial charge is 0.0919 e. The summed E-state index contributed by atoms with van der Waals surface area (Å²) < 4.78 is 0. The number of hydrogen-bond donors (Lipinski definition) is 1. The summed E-state index contributed by atoms with van der Waals surface area (Å²) in [5.74, 6) is 1.73. The second-order valence-electron chi connectivity index (χ2n) is 6.07. The van der Waals surface area contributed by atoms with Gasteiger partial charge in [-0.15, -0.1) is 0 Å². The molecule has 18 heavy (non-hydrogen) atoms. The summed E-state index contributed by atoms with van der Waals surface area (Å²) in [4.78, 5) is 2.26. The second-order valence-corrected chi connectivity index (χ2v) is 6.07. The van der Waals surface area contributed by atoms with E-state index in [0.717, 1.165) is 30.5 Å². The third-order valence-corrected chi connectivity index (χ3v) is 4.10. The van der Waals surface area contributed by atoms with Gasteiger partial charge in [0.05, 0.1) is 6.10 Å². The maximum Gasteiger partial charge on any atom is 0.0919 e. The Bertz CT molecular complexity index is 416. The average molecular weight is 247 g/mol. The van der Waals surface area contributed by atoms with Gasteiger partial charge >= 0.3 is 0 Å². The molecule has 1 aromatic rings. The van der Waals surface area contributed by atoms with Crippen molar-refractivity contribution in [3.8, 4) is 0 Å². The summed E-state index contributed by atoms with van der Waals surface area (Å²) in [5, 5.41) is 10.4. The van der Waals surface area contributed by atoms with Crippen molar-refractivity contribution in [3.63, 3.8) is 0 Å². The van der Waals surface area contributed by atoms with Gasteiger partial charge in [-0.05, 0) is 50.3 Å². The first-order chi connectivity index (χ1) is 8.47. The highest BCUT2D eigenvalue weighted by atomic mass is 16.3. The zero-order valence-corrected chi connectivity index (χ0v) is 12.0. The highest BCUT2D eigenvalue weighted by Crippen LogP contribution is 2.38. The zero-order chi connectivity index (χ0) is 13.3. The molecule has 1 saturated carbocycles. The average Bonchev–Trinajstić information content (AvgIpc) is 2.97. The minimum absolute atomic E-state index is 0.371. The van der Waals surface area contributed by atoms with Crippen molar-refractivity contribution >= 4 is 0 Å². The number of aliphatic hydroxyl groups excluding tert-OH is 1. The molecule has 0 aromatic heterocycles. The molecule has 3 atom stereocenters. The van der Waals surface area contributed by atoms with Gasteiger partial charge in [0, 0.05) is 13.1 Å². The lowest BCUT2D eigenvalue weighted by Crippen LogP contribution is -2.27. The van der Waals surface area contributed by atoms with Crippen LogP contribution in [0.1, 0.15) is 36.1 Å².